The quantitative estimate of drug-likeness (QED) is 0.723. The number of hydrogen-bond acceptors (Lipinski definition) is 5. The van der Waals surface area contributed by atoms with Crippen LogP contribution in [0.25, 0.3) is 0 Å². The standard InChI is InChI=1S/C18H23N3O4.ClH/c1-11(19-2)9-20-16(22)12-5-6-14-15(8-12)18(24)21(17(14)23)10-13-4-3-7-25-13;/h5-6,8,11,13,19H,3-4,7,9-10H2,1-2H3,(H,20,22);1H. The van der Waals surface area contributed by atoms with E-state index in [4.69, 9.17) is 4.74 Å². The Bertz CT molecular complexity index is 704. The van der Waals surface area contributed by atoms with E-state index in [0.717, 1.165) is 12.8 Å². The molecule has 0 radical (unpaired) electrons. The van der Waals surface area contributed by atoms with E-state index in [1.807, 2.05) is 14.0 Å². The Labute approximate surface area is 158 Å². The monoisotopic (exact) mass is 381 g/mol. The van der Waals surface area contributed by atoms with Crippen molar-refractivity contribution >= 4 is 30.1 Å². The highest BCUT2D eigenvalue weighted by molar-refractivity contribution is 6.22. The van der Waals surface area contributed by atoms with E-state index in [-0.39, 0.29) is 54.4 Å². The van der Waals surface area contributed by atoms with Crippen LogP contribution >= 0.6 is 12.4 Å². The van der Waals surface area contributed by atoms with Crippen LogP contribution in [0, 0.1) is 0 Å². The van der Waals surface area contributed by atoms with Crippen molar-refractivity contribution in [2.45, 2.75) is 31.9 Å². The van der Waals surface area contributed by atoms with Crippen LogP contribution in [0.4, 0.5) is 0 Å². The molecule has 0 aromatic heterocycles. The molecule has 2 N–H and O–H groups in total. The zero-order valence-corrected chi connectivity index (χ0v) is 15.7. The summed E-state index contributed by atoms with van der Waals surface area (Å²) in [6.07, 6.45) is 1.71. The summed E-state index contributed by atoms with van der Waals surface area (Å²) in [7, 11) is 1.82. The van der Waals surface area contributed by atoms with Crippen LogP contribution in [0.1, 0.15) is 50.8 Å². The first-order chi connectivity index (χ1) is 12.0. The third-order valence-electron chi connectivity index (χ3n) is 4.70. The maximum atomic E-state index is 12.6. The fourth-order valence-electron chi connectivity index (χ4n) is 3.04. The molecule has 2 aliphatic heterocycles. The Morgan fingerprint density at radius 3 is 2.69 bits per heavy atom. The molecule has 0 aliphatic carbocycles. The van der Waals surface area contributed by atoms with Gasteiger partial charge in [0.25, 0.3) is 17.7 Å². The van der Waals surface area contributed by atoms with Gasteiger partial charge in [-0.25, -0.2) is 0 Å². The molecule has 0 saturated carbocycles. The van der Waals surface area contributed by atoms with Gasteiger partial charge in [-0.15, -0.1) is 12.4 Å². The van der Waals surface area contributed by atoms with Gasteiger partial charge < -0.3 is 15.4 Å². The van der Waals surface area contributed by atoms with Gasteiger partial charge >= 0.3 is 0 Å². The van der Waals surface area contributed by atoms with Crippen LogP contribution in [-0.2, 0) is 4.74 Å². The maximum Gasteiger partial charge on any atom is 0.261 e. The molecule has 8 heteroatoms. The first-order valence-corrected chi connectivity index (χ1v) is 8.58. The number of likely N-dealkylation sites (N-methyl/N-ethyl adjacent to an activating group) is 1. The Kier molecular flexibility index (Phi) is 6.75. The lowest BCUT2D eigenvalue weighted by molar-refractivity contribution is 0.0475. The zero-order chi connectivity index (χ0) is 18.0. The minimum atomic E-state index is -0.353. The lowest BCUT2D eigenvalue weighted by atomic mass is 10.1. The number of ether oxygens (including phenoxy) is 1. The molecule has 1 aromatic carbocycles. The molecule has 3 amide bonds. The highest BCUT2D eigenvalue weighted by Gasteiger charge is 2.37. The summed E-state index contributed by atoms with van der Waals surface area (Å²) in [6.45, 7) is 3.37. The van der Waals surface area contributed by atoms with Crippen molar-refractivity contribution in [2.24, 2.45) is 0 Å². The molecule has 1 saturated heterocycles. The predicted molar refractivity (Wildman–Crippen MR) is 98.9 cm³/mol. The van der Waals surface area contributed by atoms with Gasteiger partial charge in [0, 0.05) is 24.8 Å². The Hall–Kier alpha value is -1.96. The molecule has 2 aliphatic rings. The van der Waals surface area contributed by atoms with Crippen LogP contribution in [-0.4, -0.2) is 61.5 Å². The topological polar surface area (TPSA) is 87.7 Å². The molecule has 2 heterocycles. The van der Waals surface area contributed by atoms with Gasteiger partial charge in [0.1, 0.15) is 0 Å². The van der Waals surface area contributed by atoms with Crippen LogP contribution in [0.2, 0.25) is 0 Å². The van der Waals surface area contributed by atoms with E-state index in [1.54, 1.807) is 12.1 Å². The van der Waals surface area contributed by atoms with E-state index < -0.39 is 0 Å². The number of rotatable bonds is 6. The van der Waals surface area contributed by atoms with Gasteiger partial charge in [-0.2, -0.15) is 0 Å². The number of imide groups is 1. The molecular weight excluding hydrogens is 358 g/mol. The molecule has 1 fully saturated rings. The van der Waals surface area contributed by atoms with Gasteiger partial charge in [0.15, 0.2) is 0 Å². The first kappa shape index (κ1) is 20.4. The fraction of sp³-hybridized carbons (Fsp3) is 0.500. The number of nitrogens with one attached hydrogen (secondary N) is 2. The van der Waals surface area contributed by atoms with Gasteiger partial charge in [-0.3, -0.25) is 19.3 Å². The molecule has 142 valence electrons. The van der Waals surface area contributed by atoms with Crippen molar-refractivity contribution in [2.75, 3.05) is 26.7 Å². The van der Waals surface area contributed by atoms with Crippen molar-refractivity contribution in [1.29, 1.82) is 0 Å². The predicted octanol–water partition coefficient (Wildman–Crippen LogP) is 1.22. The number of nitrogens with zero attached hydrogens (tertiary/aromatic N) is 1. The second-order valence-electron chi connectivity index (χ2n) is 6.52. The van der Waals surface area contributed by atoms with Gasteiger partial charge in [0.2, 0.25) is 0 Å². The first-order valence-electron chi connectivity index (χ1n) is 8.58. The number of amides is 3. The Morgan fingerprint density at radius 1 is 1.31 bits per heavy atom. The van der Waals surface area contributed by atoms with Gasteiger partial charge in [-0.05, 0) is 45.0 Å². The number of carbonyl (C=O) groups excluding carboxylic acids is 3. The summed E-state index contributed by atoms with van der Waals surface area (Å²) >= 11 is 0. The number of carbonyl (C=O) groups is 3. The van der Waals surface area contributed by atoms with Crippen LogP contribution < -0.4 is 10.6 Å². The van der Waals surface area contributed by atoms with Crippen LogP contribution in [0.5, 0.6) is 0 Å². The summed E-state index contributed by atoms with van der Waals surface area (Å²) in [5, 5.41) is 5.84. The van der Waals surface area contributed by atoms with E-state index in [9.17, 15) is 14.4 Å². The summed E-state index contributed by atoms with van der Waals surface area (Å²) in [5.74, 6) is -0.928. The molecule has 0 spiro atoms. The van der Waals surface area contributed by atoms with Gasteiger partial charge in [0.05, 0.1) is 23.8 Å². The lowest BCUT2D eigenvalue weighted by Crippen LogP contribution is -2.37. The van der Waals surface area contributed by atoms with E-state index in [0.29, 0.717) is 24.3 Å². The number of halogens is 1. The summed E-state index contributed by atoms with van der Waals surface area (Å²) in [5.41, 5.74) is 1.02. The summed E-state index contributed by atoms with van der Waals surface area (Å²) in [6, 6.07) is 4.79. The molecule has 3 rings (SSSR count). The highest BCUT2D eigenvalue weighted by Crippen LogP contribution is 2.26. The molecule has 26 heavy (non-hydrogen) atoms. The smallest absolute Gasteiger partial charge is 0.261 e. The van der Waals surface area contributed by atoms with Crippen molar-refractivity contribution in [3.8, 4) is 0 Å². The average Bonchev–Trinajstić information content (AvgIpc) is 3.22. The number of hydrogen-bond donors (Lipinski definition) is 2. The Balaban J connectivity index is 0.00000243. The number of benzene rings is 1. The molecule has 2 unspecified atom stereocenters. The summed E-state index contributed by atoms with van der Waals surface area (Å²) < 4.78 is 5.52. The third-order valence-corrected chi connectivity index (χ3v) is 4.70. The second kappa shape index (κ2) is 8.62. The SMILES string of the molecule is CNC(C)CNC(=O)c1ccc2c(c1)C(=O)N(CC1CCCO1)C2=O.Cl. The zero-order valence-electron chi connectivity index (χ0n) is 14.9. The van der Waals surface area contributed by atoms with Crippen molar-refractivity contribution in [1.82, 2.24) is 15.5 Å². The van der Waals surface area contributed by atoms with Crippen molar-refractivity contribution in [3.05, 3.63) is 34.9 Å². The fourth-order valence-corrected chi connectivity index (χ4v) is 3.04. The van der Waals surface area contributed by atoms with Crippen molar-refractivity contribution < 1.29 is 19.1 Å². The minimum Gasteiger partial charge on any atom is -0.376 e. The van der Waals surface area contributed by atoms with E-state index >= 15 is 0 Å². The largest absolute Gasteiger partial charge is 0.376 e. The van der Waals surface area contributed by atoms with Crippen LogP contribution in [0.3, 0.4) is 0 Å². The Morgan fingerprint density at radius 2 is 2.04 bits per heavy atom. The molecule has 7 nitrogen and oxygen atoms in total. The average molecular weight is 382 g/mol. The van der Waals surface area contributed by atoms with Crippen LogP contribution in [0.15, 0.2) is 18.2 Å². The normalized spacial score (nSPS) is 19.9. The van der Waals surface area contributed by atoms with Crippen molar-refractivity contribution in [3.63, 3.8) is 0 Å². The van der Waals surface area contributed by atoms with Gasteiger partial charge in [-0.1, -0.05) is 0 Å². The lowest BCUT2D eigenvalue weighted by Gasteiger charge is -2.17. The molecular formula is C18H24ClN3O4. The molecule has 1 aromatic rings. The number of fused-ring (bicyclic) bond motifs is 1. The molecule has 0 bridgehead atoms. The second-order valence-corrected chi connectivity index (χ2v) is 6.52. The highest BCUT2D eigenvalue weighted by atomic mass is 35.5. The maximum absolute atomic E-state index is 12.6. The minimum absolute atomic E-state index is 0. The summed E-state index contributed by atoms with van der Waals surface area (Å²) in [4.78, 5) is 38.5. The van der Waals surface area contributed by atoms with E-state index in [2.05, 4.69) is 10.6 Å². The van der Waals surface area contributed by atoms with E-state index in [1.165, 1.54) is 11.0 Å². The molecule has 2 atom stereocenters. The third kappa shape index (κ3) is 4.06.